The number of thiophene rings is 1. The molecule has 1 saturated carbocycles. The molecule has 1 aliphatic rings. The van der Waals surface area contributed by atoms with E-state index in [4.69, 9.17) is 9.47 Å². The Hall–Kier alpha value is -2.34. The van der Waals surface area contributed by atoms with E-state index in [1.807, 2.05) is 24.3 Å². The van der Waals surface area contributed by atoms with Crippen LogP contribution in [0.15, 0.2) is 36.4 Å². The van der Waals surface area contributed by atoms with Crippen molar-refractivity contribution < 1.29 is 19.1 Å². The Bertz CT molecular complexity index is 721. The smallest absolute Gasteiger partial charge is 0.348 e. The Labute approximate surface area is 138 Å². The summed E-state index contributed by atoms with van der Waals surface area (Å²) in [5, 5.41) is 3.50. The molecule has 1 heterocycles. The van der Waals surface area contributed by atoms with Crippen LogP contribution in [0, 0.1) is 5.92 Å². The fraction of sp³-hybridized carbons (Fsp3) is 0.294. The first kappa shape index (κ1) is 15.6. The van der Waals surface area contributed by atoms with Gasteiger partial charge in [0.25, 0.3) is 0 Å². The Morgan fingerprint density at radius 2 is 2.09 bits per heavy atom. The third-order valence-corrected chi connectivity index (χ3v) is 4.49. The first-order valence-corrected chi connectivity index (χ1v) is 8.18. The highest BCUT2D eigenvalue weighted by molar-refractivity contribution is 7.18. The lowest BCUT2D eigenvalue weighted by Gasteiger charge is -2.05. The lowest BCUT2D eigenvalue weighted by molar-refractivity contribution is -0.117. The van der Waals surface area contributed by atoms with E-state index in [2.05, 4.69) is 5.32 Å². The molecule has 1 N–H and O–H groups in total. The second-order valence-electron chi connectivity index (χ2n) is 5.36. The van der Waals surface area contributed by atoms with Crippen molar-refractivity contribution in [1.29, 1.82) is 0 Å². The highest BCUT2D eigenvalue weighted by atomic mass is 32.1. The van der Waals surface area contributed by atoms with Gasteiger partial charge in [0, 0.05) is 5.92 Å². The highest BCUT2D eigenvalue weighted by Gasteiger charge is 2.29. The second-order valence-corrected chi connectivity index (χ2v) is 6.44. The van der Waals surface area contributed by atoms with Crippen LogP contribution in [0.2, 0.25) is 0 Å². The SMILES string of the molecule is COc1cccc(COC(=O)c2ccc(NC(=O)C3CC3)s2)c1. The van der Waals surface area contributed by atoms with Crippen LogP contribution < -0.4 is 10.1 Å². The van der Waals surface area contributed by atoms with Crippen LogP contribution in [0.4, 0.5) is 5.00 Å². The van der Waals surface area contributed by atoms with Crippen LogP contribution >= 0.6 is 11.3 Å². The average Bonchev–Trinajstić information content (AvgIpc) is 3.33. The average molecular weight is 331 g/mol. The standard InChI is InChI=1S/C17H17NO4S/c1-21-13-4-2-3-11(9-13)10-22-17(20)14-7-8-15(23-14)18-16(19)12-5-6-12/h2-4,7-9,12H,5-6,10H2,1H3,(H,18,19). The van der Waals surface area contributed by atoms with Gasteiger partial charge in [-0.1, -0.05) is 12.1 Å². The van der Waals surface area contributed by atoms with E-state index in [0.29, 0.717) is 9.88 Å². The minimum absolute atomic E-state index is 0.0307. The van der Waals surface area contributed by atoms with E-state index in [1.54, 1.807) is 19.2 Å². The van der Waals surface area contributed by atoms with Crippen LogP contribution in [-0.4, -0.2) is 19.0 Å². The number of nitrogens with one attached hydrogen (secondary N) is 1. The molecule has 23 heavy (non-hydrogen) atoms. The number of methoxy groups -OCH3 is 1. The molecule has 1 amide bonds. The fourth-order valence-electron chi connectivity index (χ4n) is 2.07. The number of rotatable bonds is 6. The first-order chi connectivity index (χ1) is 11.2. The highest BCUT2D eigenvalue weighted by Crippen LogP contribution is 2.31. The van der Waals surface area contributed by atoms with Crippen molar-refractivity contribution in [3.8, 4) is 5.75 Å². The quantitative estimate of drug-likeness (QED) is 0.823. The summed E-state index contributed by atoms with van der Waals surface area (Å²) in [6.07, 6.45) is 1.90. The second kappa shape index (κ2) is 6.83. The van der Waals surface area contributed by atoms with Crippen LogP contribution in [0.25, 0.3) is 0 Å². The van der Waals surface area contributed by atoms with Crippen molar-refractivity contribution in [2.45, 2.75) is 19.4 Å². The summed E-state index contributed by atoms with van der Waals surface area (Å²) in [5.41, 5.74) is 0.858. The molecule has 0 saturated heterocycles. The number of carbonyl (C=O) groups excluding carboxylic acids is 2. The Kier molecular flexibility index (Phi) is 4.62. The summed E-state index contributed by atoms with van der Waals surface area (Å²) in [6.45, 7) is 0.178. The largest absolute Gasteiger partial charge is 0.497 e. The summed E-state index contributed by atoms with van der Waals surface area (Å²) >= 11 is 1.23. The molecule has 0 spiro atoms. The van der Waals surface area contributed by atoms with Gasteiger partial charge in [0.2, 0.25) is 5.91 Å². The molecule has 0 unspecified atom stereocenters. The summed E-state index contributed by atoms with van der Waals surface area (Å²) < 4.78 is 10.4. The van der Waals surface area contributed by atoms with Crippen molar-refractivity contribution in [3.63, 3.8) is 0 Å². The van der Waals surface area contributed by atoms with E-state index in [9.17, 15) is 9.59 Å². The van der Waals surface area contributed by atoms with Crippen molar-refractivity contribution in [2.75, 3.05) is 12.4 Å². The zero-order chi connectivity index (χ0) is 16.2. The first-order valence-electron chi connectivity index (χ1n) is 7.36. The van der Waals surface area contributed by atoms with Gasteiger partial charge in [-0.2, -0.15) is 0 Å². The molecule has 1 fully saturated rings. The fourth-order valence-corrected chi connectivity index (χ4v) is 2.87. The van der Waals surface area contributed by atoms with Gasteiger partial charge in [-0.25, -0.2) is 4.79 Å². The molecule has 0 atom stereocenters. The Morgan fingerprint density at radius 3 is 2.83 bits per heavy atom. The number of esters is 1. The molecule has 1 aromatic heterocycles. The lowest BCUT2D eigenvalue weighted by atomic mass is 10.2. The normalized spacial score (nSPS) is 13.4. The van der Waals surface area contributed by atoms with Gasteiger partial charge in [-0.15, -0.1) is 11.3 Å². The van der Waals surface area contributed by atoms with E-state index in [1.165, 1.54) is 11.3 Å². The van der Waals surface area contributed by atoms with Crippen LogP contribution in [0.3, 0.4) is 0 Å². The molecular formula is C17H17NO4S. The predicted octanol–water partition coefficient (Wildman–Crippen LogP) is 3.46. The number of amides is 1. The maximum Gasteiger partial charge on any atom is 0.348 e. The topological polar surface area (TPSA) is 64.6 Å². The van der Waals surface area contributed by atoms with Crippen LogP contribution in [-0.2, 0) is 16.1 Å². The van der Waals surface area contributed by atoms with Gasteiger partial charge in [0.15, 0.2) is 0 Å². The van der Waals surface area contributed by atoms with Gasteiger partial charge in [0.05, 0.1) is 12.1 Å². The van der Waals surface area contributed by atoms with Crippen molar-refractivity contribution in [1.82, 2.24) is 0 Å². The summed E-state index contributed by atoms with van der Waals surface area (Å²) in [7, 11) is 1.59. The number of hydrogen-bond donors (Lipinski definition) is 1. The Morgan fingerprint density at radius 1 is 1.26 bits per heavy atom. The number of carbonyl (C=O) groups is 2. The number of ether oxygens (including phenoxy) is 2. The van der Waals surface area contributed by atoms with Crippen molar-refractivity contribution >= 4 is 28.2 Å². The van der Waals surface area contributed by atoms with Crippen molar-refractivity contribution in [2.24, 2.45) is 5.92 Å². The molecule has 3 rings (SSSR count). The summed E-state index contributed by atoms with van der Waals surface area (Å²) in [4.78, 5) is 24.2. The van der Waals surface area contributed by atoms with Gasteiger partial charge in [-0.05, 0) is 42.7 Å². The minimum Gasteiger partial charge on any atom is -0.497 e. The molecule has 5 nitrogen and oxygen atoms in total. The minimum atomic E-state index is -0.398. The molecule has 0 bridgehead atoms. The van der Waals surface area contributed by atoms with Crippen LogP contribution in [0.1, 0.15) is 28.1 Å². The van der Waals surface area contributed by atoms with Gasteiger partial charge in [-0.3, -0.25) is 4.79 Å². The molecule has 6 heteroatoms. The zero-order valence-electron chi connectivity index (χ0n) is 12.7. The van der Waals surface area contributed by atoms with Crippen molar-refractivity contribution in [3.05, 3.63) is 46.8 Å². The molecular weight excluding hydrogens is 314 g/mol. The number of anilines is 1. The molecule has 0 aliphatic heterocycles. The third kappa shape index (κ3) is 4.10. The zero-order valence-corrected chi connectivity index (χ0v) is 13.5. The Balaban J connectivity index is 1.55. The molecule has 1 aliphatic carbocycles. The third-order valence-electron chi connectivity index (χ3n) is 3.51. The summed E-state index contributed by atoms with van der Waals surface area (Å²) in [5.74, 6) is 0.494. The lowest BCUT2D eigenvalue weighted by Crippen LogP contribution is -2.12. The maximum absolute atomic E-state index is 12.1. The summed E-state index contributed by atoms with van der Waals surface area (Å²) in [6, 6.07) is 10.8. The van der Waals surface area contributed by atoms with E-state index in [0.717, 1.165) is 24.2 Å². The predicted molar refractivity (Wildman–Crippen MR) is 87.8 cm³/mol. The van der Waals surface area contributed by atoms with E-state index in [-0.39, 0.29) is 18.4 Å². The van der Waals surface area contributed by atoms with Gasteiger partial charge >= 0.3 is 5.97 Å². The van der Waals surface area contributed by atoms with E-state index >= 15 is 0 Å². The number of benzene rings is 1. The maximum atomic E-state index is 12.1. The molecule has 2 aromatic rings. The van der Waals surface area contributed by atoms with Gasteiger partial charge in [0.1, 0.15) is 17.2 Å². The molecule has 0 radical (unpaired) electrons. The molecule has 1 aromatic carbocycles. The van der Waals surface area contributed by atoms with Gasteiger partial charge < -0.3 is 14.8 Å². The molecule has 120 valence electrons. The monoisotopic (exact) mass is 331 g/mol. The van der Waals surface area contributed by atoms with E-state index < -0.39 is 5.97 Å². The number of hydrogen-bond acceptors (Lipinski definition) is 5. The van der Waals surface area contributed by atoms with Crippen LogP contribution in [0.5, 0.6) is 5.75 Å².